The first-order chi connectivity index (χ1) is 7.58. The average molecular weight is 233 g/mol. The van der Waals surface area contributed by atoms with Gasteiger partial charge in [-0.05, 0) is 44.0 Å². The van der Waals surface area contributed by atoms with Crippen LogP contribution in [0.25, 0.3) is 11.4 Å². The zero-order valence-corrected chi connectivity index (χ0v) is 10.3. The molecule has 3 heteroatoms. The van der Waals surface area contributed by atoms with Crippen LogP contribution in [0, 0.1) is 20.8 Å². The van der Waals surface area contributed by atoms with Gasteiger partial charge in [-0.25, -0.2) is 4.98 Å². The van der Waals surface area contributed by atoms with E-state index in [1.54, 1.807) is 0 Å². The molecule has 0 saturated carbocycles. The Balaban J connectivity index is 2.62. The molecule has 0 N–H and O–H groups in total. The van der Waals surface area contributed by atoms with Crippen LogP contribution in [0.3, 0.4) is 0 Å². The summed E-state index contributed by atoms with van der Waals surface area (Å²) in [6, 6.07) is 5.85. The number of hydrogen-bond acceptors (Lipinski definition) is 2. The van der Waals surface area contributed by atoms with Crippen molar-refractivity contribution in [2.24, 2.45) is 0 Å². The molecule has 0 atom stereocenters. The van der Waals surface area contributed by atoms with Crippen LogP contribution in [0.2, 0.25) is 5.02 Å². The predicted molar refractivity (Wildman–Crippen MR) is 66.7 cm³/mol. The molecule has 2 aromatic heterocycles. The van der Waals surface area contributed by atoms with E-state index in [2.05, 4.69) is 16.0 Å². The number of hydrogen-bond donors (Lipinski definition) is 0. The number of halogens is 1. The second kappa shape index (κ2) is 4.22. The van der Waals surface area contributed by atoms with Crippen LogP contribution in [0.4, 0.5) is 0 Å². The topological polar surface area (TPSA) is 25.8 Å². The van der Waals surface area contributed by atoms with Crippen molar-refractivity contribution in [3.8, 4) is 11.4 Å². The van der Waals surface area contributed by atoms with Crippen molar-refractivity contribution in [3.05, 3.63) is 46.2 Å². The van der Waals surface area contributed by atoms with E-state index >= 15 is 0 Å². The maximum Gasteiger partial charge on any atom is 0.108 e. The highest BCUT2D eigenvalue weighted by atomic mass is 35.5. The number of rotatable bonds is 1. The first-order valence-electron chi connectivity index (χ1n) is 5.14. The monoisotopic (exact) mass is 232 g/mol. The van der Waals surface area contributed by atoms with Gasteiger partial charge in [-0.2, -0.15) is 0 Å². The molecular formula is C13H13ClN2. The highest BCUT2D eigenvalue weighted by molar-refractivity contribution is 6.33. The van der Waals surface area contributed by atoms with Crippen LogP contribution in [0.15, 0.2) is 24.4 Å². The van der Waals surface area contributed by atoms with Gasteiger partial charge in [0.2, 0.25) is 0 Å². The van der Waals surface area contributed by atoms with E-state index in [1.807, 2.05) is 39.1 Å². The second-order valence-corrected chi connectivity index (χ2v) is 4.37. The van der Waals surface area contributed by atoms with Crippen LogP contribution in [-0.2, 0) is 0 Å². The third-order valence-corrected chi connectivity index (χ3v) is 2.73. The van der Waals surface area contributed by atoms with Crippen molar-refractivity contribution >= 4 is 11.6 Å². The van der Waals surface area contributed by atoms with Crippen molar-refractivity contribution < 1.29 is 0 Å². The lowest BCUT2D eigenvalue weighted by atomic mass is 10.1. The molecule has 0 aliphatic carbocycles. The zero-order chi connectivity index (χ0) is 11.7. The Morgan fingerprint density at radius 1 is 1.06 bits per heavy atom. The molecule has 0 radical (unpaired) electrons. The lowest BCUT2D eigenvalue weighted by Gasteiger charge is -2.07. The Kier molecular flexibility index (Phi) is 2.92. The summed E-state index contributed by atoms with van der Waals surface area (Å²) in [7, 11) is 0. The van der Waals surface area contributed by atoms with Crippen molar-refractivity contribution in [2.45, 2.75) is 20.8 Å². The largest absolute Gasteiger partial charge is 0.254 e. The summed E-state index contributed by atoms with van der Waals surface area (Å²) in [6.07, 6.45) is 1.84. The fourth-order valence-electron chi connectivity index (χ4n) is 1.67. The van der Waals surface area contributed by atoms with Crippen LogP contribution >= 0.6 is 11.6 Å². The van der Waals surface area contributed by atoms with Crippen LogP contribution < -0.4 is 0 Å². The predicted octanol–water partition coefficient (Wildman–Crippen LogP) is 3.72. The number of nitrogens with zero attached hydrogens (tertiary/aromatic N) is 2. The van der Waals surface area contributed by atoms with E-state index in [1.165, 1.54) is 0 Å². The maximum absolute atomic E-state index is 6.14. The van der Waals surface area contributed by atoms with Crippen molar-refractivity contribution in [1.82, 2.24) is 9.97 Å². The minimum atomic E-state index is 0.644. The number of aromatic nitrogens is 2. The van der Waals surface area contributed by atoms with Crippen LogP contribution in [0.1, 0.15) is 16.8 Å². The van der Waals surface area contributed by atoms with Gasteiger partial charge >= 0.3 is 0 Å². The maximum atomic E-state index is 6.14. The first-order valence-corrected chi connectivity index (χ1v) is 5.52. The standard InChI is InChI=1S/C13H13ClN2/c1-8-6-9(2)12(15-7-8)13-11(14)5-4-10(3)16-13/h4-7H,1-3H3. The average Bonchev–Trinajstić information content (AvgIpc) is 2.22. The highest BCUT2D eigenvalue weighted by Gasteiger charge is 2.09. The molecule has 0 aromatic carbocycles. The van der Waals surface area contributed by atoms with Gasteiger partial charge in [0.1, 0.15) is 5.69 Å². The van der Waals surface area contributed by atoms with Gasteiger partial charge in [0.25, 0.3) is 0 Å². The van der Waals surface area contributed by atoms with E-state index in [4.69, 9.17) is 11.6 Å². The molecule has 2 nitrogen and oxygen atoms in total. The summed E-state index contributed by atoms with van der Waals surface area (Å²) in [5, 5.41) is 0.644. The number of aryl methyl sites for hydroxylation is 3. The van der Waals surface area contributed by atoms with E-state index in [0.29, 0.717) is 5.02 Å². The molecule has 0 aliphatic rings. The van der Waals surface area contributed by atoms with Gasteiger partial charge in [-0.3, -0.25) is 4.98 Å². The second-order valence-electron chi connectivity index (χ2n) is 3.96. The van der Waals surface area contributed by atoms with Gasteiger partial charge in [-0.1, -0.05) is 17.7 Å². The molecule has 82 valence electrons. The Labute approximate surface area is 100 Å². The Morgan fingerprint density at radius 2 is 1.81 bits per heavy atom. The number of pyridine rings is 2. The van der Waals surface area contributed by atoms with Crippen LogP contribution in [-0.4, -0.2) is 9.97 Å². The molecule has 16 heavy (non-hydrogen) atoms. The molecule has 0 saturated heterocycles. The Hall–Kier alpha value is -1.41. The lowest BCUT2D eigenvalue weighted by molar-refractivity contribution is 1.15. The van der Waals surface area contributed by atoms with Gasteiger partial charge in [-0.15, -0.1) is 0 Å². The van der Waals surface area contributed by atoms with Crippen molar-refractivity contribution in [1.29, 1.82) is 0 Å². The quantitative estimate of drug-likeness (QED) is 0.749. The summed E-state index contributed by atoms with van der Waals surface area (Å²) in [4.78, 5) is 8.84. The fraction of sp³-hybridized carbons (Fsp3) is 0.231. The Morgan fingerprint density at radius 3 is 2.50 bits per heavy atom. The van der Waals surface area contributed by atoms with E-state index < -0.39 is 0 Å². The smallest absolute Gasteiger partial charge is 0.108 e. The lowest BCUT2D eigenvalue weighted by Crippen LogP contribution is -1.94. The summed E-state index contributed by atoms with van der Waals surface area (Å²) in [6.45, 7) is 5.99. The summed E-state index contributed by atoms with van der Waals surface area (Å²) in [5.41, 5.74) is 4.81. The molecule has 2 heterocycles. The molecule has 2 rings (SSSR count). The SMILES string of the molecule is Cc1cnc(-c2nc(C)ccc2Cl)c(C)c1. The minimum absolute atomic E-state index is 0.644. The molecule has 0 bridgehead atoms. The molecule has 2 aromatic rings. The molecule has 0 amide bonds. The van der Waals surface area contributed by atoms with Crippen LogP contribution in [0.5, 0.6) is 0 Å². The molecule has 0 spiro atoms. The van der Waals surface area contributed by atoms with Crippen molar-refractivity contribution in [2.75, 3.05) is 0 Å². The third-order valence-electron chi connectivity index (χ3n) is 2.42. The zero-order valence-electron chi connectivity index (χ0n) is 9.58. The summed E-state index contributed by atoms with van der Waals surface area (Å²) < 4.78 is 0. The first kappa shape index (κ1) is 11.1. The van der Waals surface area contributed by atoms with Crippen molar-refractivity contribution in [3.63, 3.8) is 0 Å². The molecular weight excluding hydrogens is 220 g/mol. The third kappa shape index (κ3) is 2.07. The summed E-state index contributed by atoms with van der Waals surface area (Å²) >= 11 is 6.14. The minimum Gasteiger partial charge on any atom is -0.254 e. The summed E-state index contributed by atoms with van der Waals surface area (Å²) in [5.74, 6) is 0. The normalized spacial score (nSPS) is 10.5. The van der Waals surface area contributed by atoms with E-state index in [9.17, 15) is 0 Å². The van der Waals surface area contributed by atoms with E-state index in [0.717, 1.165) is 28.2 Å². The molecule has 0 unspecified atom stereocenters. The van der Waals surface area contributed by atoms with Gasteiger partial charge < -0.3 is 0 Å². The molecule has 0 aliphatic heterocycles. The Bertz CT molecular complexity index is 535. The molecule has 0 fully saturated rings. The van der Waals surface area contributed by atoms with Gasteiger partial charge in [0.05, 0.1) is 10.7 Å². The highest BCUT2D eigenvalue weighted by Crippen LogP contribution is 2.27. The fourth-order valence-corrected chi connectivity index (χ4v) is 1.86. The van der Waals surface area contributed by atoms with Gasteiger partial charge in [0.15, 0.2) is 0 Å². The van der Waals surface area contributed by atoms with E-state index in [-0.39, 0.29) is 0 Å². The van der Waals surface area contributed by atoms with Gasteiger partial charge in [0, 0.05) is 11.9 Å².